The van der Waals surface area contributed by atoms with Crippen LogP contribution in [0.15, 0.2) is 59.5 Å². The number of nitrogens with zero attached hydrogens (tertiary/aromatic N) is 2. The average Bonchev–Trinajstić information content (AvgIpc) is 2.62. The smallest absolute Gasteiger partial charge is 0.264 e. The molecule has 158 valence electrons. The van der Waals surface area contributed by atoms with Crippen LogP contribution in [-0.2, 0) is 25.8 Å². The number of hydrogen-bond donors (Lipinski definition) is 2. The quantitative estimate of drug-likeness (QED) is 0.576. The summed E-state index contributed by atoms with van der Waals surface area (Å²) in [6.07, 6.45) is 0. The fraction of sp³-hybridized carbons (Fsp3) is 0.200. The van der Waals surface area contributed by atoms with Crippen molar-refractivity contribution in [1.29, 1.82) is 0 Å². The van der Waals surface area contributed by atoms with Crippen LogP contribution in [0.5, 0.6) is 0 Å². The number of anilines is 2. The van der Waals surface area contributed by atoms with E-state index < -0.39 is 20.0 Å². The molecule has 2 aromatic carbocycles. The van der Waals surface area contributed by atoms with Crippen LogP contribution in [0, 0.1) is 20.8 Å². The van der Waals surface area contributed by atoms with Gasteiger partial charge in [-0.15, -0.1) is 0 Å². The van der Waals surface area contributed by atoms with Crippen LogP contribution in [0.1, 0.15) is 22.5 Å². The minimum absolute atomic E-state index is 0.0180. The molecule has 1 heterocycles. The fourth-order valence-electron chi connectivity index (χ4n) is 2.85. The van der Waals surface area contributed by atoms with E-state index in [1.165, 1.54) is 24.3 Å². The van der Waals surface area contributed by atoms with Gasteiger partial charge in [-0.3, -0.25) is 4.72 Å². The normalized spacial score (nSPS) is 11.8. The molecule has 1 aromatic heterocycles. The van der Waals surface area contributed by atoms with Crippen molar-refractivity contribution in [2.45, 2.75) is 31.4 Å². The van der Waals surface area contributed by atoms with E-state index in [0.717, 1.165) is 5.56 Å². The molecule has 3 aromatic rings. The van der Waals surface area contributed by atoms with Gasteiger partial charge >= 0.3 is 0 Å². The van der Waals surface area contributed by atoms with Crippen molar-refractivity contribution >= 4 is 31.7 Å². The molecule has 0 saturated heterocycles. The number of nitrogens with one attached hydrogen (secondary N) is 2. The van der Waals surface area contributed by atoms with Crippen LogP contribution in [-0.4, -0.2) is 26.8 Å². The molecule has 2 N–H and O–H groups in total. The number of aryl methyl sites for hydroxylation is 3. The minimum Gasteiger partial charge on any atom is -0.283 e. The highest BCUT2D eigenvalue weighted by atomic mass is 32.2. The highest BCUT2D eigenvalue weighted by Crippen LogP contribution is 2.19. The Morgan fingerprint density at radius 3 is 2.00 bits per heavy atom. The van der Waals surface area contributed by atoms with Gasteiger partial charge in [0.2, 0.25) is 16.0 Å². The second-order valence-corrected chi connectivity index (χ2v) is 10.3. The summed E-state index contributed by atoms with van der Waals surface area (Å²) in [5, 5.41) is 0. The van der Waals surface area contributed by atoms with Crippen LogP contribution in [0.25, 0.3) is 0 Å². The van der Waals surface area contributed by atoms with E-state index in [9.17, 15) is 16.8 Å². The van der Waals surface area contributed by atoms with Crippen molar-refractivity contribution in [1.82, 2.24) is 9.97 Å². The molecule has 0 bridgehead atoms. The first-order valence-corrected chi connectivity index (χ1v) is 12.2. The van der Waals surface area contributed by atoms with Crippen molar-refractivity contribution in [3.05, 3.63) is 77.1 Å². The monoisotopic (exact) mass is 446 g/mol. The number of sulfonamides is 2. The Labute approximate surface area is 176 Å². The molecule has 0 amide bonds. The summed E-state index contributed by atoms with van der Waals surface area (Å²) in [5.74, 6) is -0.193. The van der Waals surface area contributed by atoms with E-state index >= 15 is 0 Å². The first kappa shape index (κ1) is 21.7. The summed E-state index contributed by atoms with van der Waals surface area (Å²) in [6.45, 7) is 5.32. The van der Waals surface area contributed by atoms with Crippen LogP contribution in [0.3, 0.4) is 0 Å². The number of aromatic nitrogens is 2. The van der Waals surface area contributed by atoms with E-state index in [1.807, 2.05) is 19.1 Å². The largest absolute Gasteiger partial charge is 0.283 e. The Bertz CT molecular complexity index is 1250. The van der Waals surface area contributed by atoms with Gasteiger partial charge in [0.05, 0.1) is 10.6 Å². The van der Waals surface area contributed by atoms with Crippen molar-refractivity contribution < 1.29 is 16.8 Å². The van der Waals surface area contributed by atoms with Crippen molar-refractivity contribution in [2.75, 3.05) is 9.44 Å². The summed E-state index contributed by atoms with van der Waals surface area (Å²) < 4.78 is 54.8. The first-order valence-electron chi connectivity index (χ1n) is 9.04. The maximum atomic E-state index is 12.6. The summed E-state index contributed by atoms with van der Waals surface area (Å²) in [5.41, 5.74) is 3.12. The zero-order valence-electron chi connectivity index (χ0n) is 16.7. The lowest BCUT2D eigenvalue weighted by atomic mass is 10.1. The Balaban J connectivity index is 1.74. The van der Waals surface area contributed by atoms with Crippen molar-refractivity contribution in [3.8, 4) is 0 Å². The molecular formula is C20H22N4O4S2. The summed E-state index contributed by atoms with van der Waals surface area (Å²) >= 11 is 0. The second kappa shape index (κ2) is 8.41. The third kappa shape index (κ3) is 5.55. The van der Waals surface area contributed by atoms with Gasteiger partial charge in [-0.2, -0.15) is 0 Å². The minimum atomic E-state index is -3.91. The van der Waals surface area contributed by atoms with E-state index in [0.29, 0.717) is 17.0 Å². The Morgan fingerprint density at radius 1 is 0.800 bits per heavy atom. The van der Waals surface area contributed by atoms with Gasteiger partial charge in [0.25, 0.3) is 10.0 Å². The predicted octanol–water partition coefficient (Wildman–Crippen LogP) is 3.14. The average molecular weight is 447 g/mol. The molecule has 3 rings (SSSR count). The highest BCUT2D eigenvalue weighted by Gasteiger charge is 2.18. The standard InChI is InChI=1S/C20H22N4O4S2/c1-14-6-4-5-7-17(14)13-29(25,26)23-18-8-10-19(11-9-18)30(27,28)24-20-21-15(2)12-16(3)22-20/h4-12,23H,13H2,1-3H3,(H,21,22,24). The third-order valence-corrected chi connectivity index (χ3v) is 6.83. The molecule has 0 aliphatic carbocycles. The molecule has 8 nitrogen and oxygen atoms in total. The van der Waals surface area contributed by atoms with Crippen LogP contribution in [0.2, 0.25) is 0 Å². The summed E-state index contributed by atoms with van der Waals surface area (Å²) in [6, 6.07) is 14.4. The zero-order chi connectivity index (χ0) is 21.9. The predicted molar refractivity (Wildman–Crippen MR) is 116 cm³/mol. The molecule has 0 saturated carbocycles. The lowest BCUT2D eigenvalue weighted by Gasteiger charge is -2.11. The lowest BCUT2D eigenvalue weighted by Crippen LogP contribution is -2.17. The van der Waals surface area contributed by atoms with Gasteiger partial charge in [0, 0.05) is 17.1 Å². The Hall–Kier alpha value is -2.98. The van der Waals surface area contributed by atoms with E-state index in [1.54, 1.807) is 32.0 Å². The van der Waals surface area contributed by atoms with Gasteiger partial charge in [0.15, 0.2) is 0 Å². The molecule has 0 aliphatic rings. The number of rotatable bonds is 7. The molecule has 10 heteroatoms. The lowest BCUT2D eigenvalue weighted by molar-refractivity contribution is 0.599. The molecule has 0 spiro atoms. The van der Waals surface area contributed by atoms with Crippen molar-refractivity contribution in [3.63, 3.8) is 0 Å². The molecule has 0 radical (unpaired) electrons. The molecule has 0 aliphatic heterocycles. The van der Waals surface area contributed by atoms with Gasteiger partial charge < -0.3 is 0 Å². The van der Waals surface area contributed by atoms with E-state index in [2.05, 4.69) is 19.4 Å². The maximum absolute atomic E-state index is 12.6. The van der Waals surface area contributed by atoms with Crippen molar-refractivity contribution in [2.24, 2.45) is 0 Å². The Morgan fingerprint density at radius 2 is 1.40 bits per heavy atom. The van der Waals surface area contributed by atoms with E-state index in [4.69, 9.17) is 0 Å². The van der Waals surface area contributed by atoms with Gasteiger partial charge in [-0.05, 0) is 62.2 Å². The Kier molecular flexibility index (Phi) is 6.09. The topological polar surface area (TPSA) is 118 Å². The van der Waals surface area contributed by atoms with E-state index in [-0.39, 0.29) is 22.3 Å². The number of hydrogen-bond acceptors (Lipinski definition) is 6. The summed E-state index contributed by atoms with van der Waals surface area (Å²) in [4.78, 5) is 8.09. The zero-order valence-corrected chi connectivity index (χ0v) is 18.4. The first-order chi connectivity index (χ1) is 14.0. The molecule has 30 heavy (non-hydrogen) atoms. The SMILES string of the molecule is Cc1cc(C)nc(NS(=O)(=O)c2ccc(NS(=O)(=O)Cc3ccccc3C)cc2)n1. The van der Waals surface area contributed by atoms with Gasteiger partial charge in [-0.1, -0.05) is 24.3 Å². The number of benzene rings is 2. The molecule has 0 atom stereocenters. The molecule has 0 unspecified atom stereocenters. The fourth-order valence-corrected chi connectivity index (χ4v) is 5.09. The second-order valence-electron chi connectivity index (χ2n) is 6.89. The molecular weight excluding hydrogens is 424 g/mol. The van der Waals surface area contributed by atoms with Gasteiger partial charge in [-0.25, -0.2) is 31.5 Å². The van der Waals surface area contributed by atoms with Gasteiger partial charge in [0.1, 0.15) is 0 Å². The van der Waals surface area contributed by atoms with Crippen LogP contribution >= 0.6 is 0 Å². The third-order valence-electron chi connectivity index (χ3n) is 4.25. The molecule has 0 fully saturated rings. The van der Waals surface area contributed by atoms with Crippen LogP contribution in [0.4, 0.5) is 11.6 Å². The summed E-state index contributed by atoms with van der Waals surface area (Å²) in [7, 11) is -7.57. The van der Waals surface area contributed by atoms with Crippen LogP contribution < -0.4 is 9.44 Å². The maximum Gasteiger partial charge on any atom is 0.264 e. The highest BCUT2D eigenvalue weighted by molar-refractivity contribution is 7.92.